The van der Waals surface area contributed by atoms with Crippen molar-refractivity contribution in [1.82, 2.24) is 9.29 Å². The van der Waals surface area contributed by atoms with E-state index in [1.807, 2.05) is 0 Å². The van der Waals surface area contributed by atoms with Crippen LogP contribution in [0.25, 0.3) is 0 Å². The van der Waals surface area contributed by atoms with Crippen molar-refractivity contribution in [2.45, 2.75) is 38.1 Å². The minimum absolute atomic E-state index is 0. The van der Waals surface area contributed by atoms with E-state index in [2.05, 4.69) is 10.0 Å². The first-order valence-electron chi connectivity index (χ1n) is 7.94. The van der Waals surface area contributed by atoms with Gasteiger partial charge in [0.1, 0.15) is 22.5 Å². The van der Waals surface area contributed by atoms with Crippen molar-refractivity contribution >= 4 is 21.6 Å². The van der Waals surface area contributed by atoms with E-state index >= 15 is 0 Å². The molecular weight excluding hydrogens is 371 g/mol. The van der Waals surface area contributed by atoms with E-state index in [0.717, 1.165) is 6.07 Å². The molecule has 0 radical (unpaired) electrons. The van der Waals surface area contributed by atoms with Crippen LogP contribution in [0.1, 0.15) is 42.4 Å². The second-order valence-electron chi connectivity index (χ2n) is 6.25. The molecule has 0 spiro atoms. The molecular formula is C18H21FN4O3S. The molecule has 7 nitrogen and oxygen atoms in total. The Kier molecular flexibility index (Phi) is 5.73. The number of rotatable bonds is 2. The summed E-state index contributed by atoms with van der Waals surface area (Å²) in [6.45, 7) is 1.77. The number of aromatic nitrogens is 1. The normalized spacial score (nSPS) is 17.8. The van der Waals surface area contributed by atoms with E-state index in [1.54, 1.807) is 20.0 Å². The van der Waals surface area contributed by atoms with Gasteiger partial charge in [-0.25, -0.2) is 17.5 Å². The standard InChI is InChI=1S/C17H17FN4O3S.CH4/c1-10-3-5-13-15(26(24,25)21-10)9-22(2)16(13)17(23)20-12-4-6-14(18)11(7-12)8-19;/h4,6-7,9-10,21H,3,5H2,1-2H3,(H,20,23);1H4/t10-;/m0./s1. The number of nitriles is 1. The summed E-state index contributed by atoms with van der Waals surface area (Å²) in [5.41, 5.74) is 0.742. The Labute approximate surface area is 157 Å². The average molecular weight is 392 g/mol. The van der Waals surface area contributed by atoms with Crippen molar-refractivity contribution < 1.29 is 17.6 Å². The highest BCUT2D eigenvalue weighted by molar-refractivity contribution is 7.89. The molecule has 0 fully saturated rings. The molecule has 2 heterocycles. The molecule has 1 atom stereocenters. The van der Waals surface area contributed by atoms with Crippen molar-refractivity contribution in [3.63, 3.8) is 0 Å². The molecule has 144 valence electrons. The van der Waals surface area contributed by atoms with Gasteiger partial charge in [0, 0.05) is 30.5 Å². The SMILES string of the molecule is C.C[C@H]1CCc2c(cn(C)c2C(=O)Nc2ccc(F)c(C#N)c2)S(=O)(=O)N1. The van der Waals surface area contributed by atoms with Crippen molar-refractivity contribution in [3.8, 4) is 6.07 Å². The maximum absolute atomic E-state index is 13.4. The molecule has 0 bridgehead atoms. The van der Waals surface area contributed by atoms with E-state index in [0.29, 0.717) is 18.4 Å². The second kappa shape index (κ2) is 7.50. The molecule has 2 aromatic rings. The van der Waals surface area contributed by atoms with Crippen molar-refractivity contribution in [2.75, 3.05) is 5.32 Å². The van der Waals surface area contributed by atoms with Gasteiger partial charge >= 0.3 is 0 Å². The summed E-state index contributed by atoms with van der Waals surface area (Å²) < 4.78 is 42.3. The number of anilines is 1. The molecule has 1 amide bonds. The van der Waals surface area contributed by atoms with Gasteiger partial charge in [-0.1, -0.05) is 7.43 Å². The highest BCUT2D eigenvalue weighted by Crippen LogP contribution is 2.28. The number of hydrogen-bond donors (Lipinski definition) is 2. The van der Waals surface area contributed by atoms with E-state index in [1.165, 1.54) is 22.9 Å². The lowest BCUT2D eigenvalue weighted by Gasteiger charge is -2.10. The minimum atomic E-state index is -3.70. The lowest BCUT2D eigenvalue weighted by molar-refractivity contribution is 0.101. The summed E-state index contributed by atoms with van der Waals surface area (Å²) >= 11 is 0. The highest BCUT2D eigenvalue weighted by Gasteiger charge is 2.31. The molecule has 27 heavy (non-hydrogen) atoms. The van der Waals surface area contributed by atoms with Gasteiger partial charge in [0.05, 0.1) is 5.56 Å². The van der Waals surface area contributed by atoms with Crippen LogP contribution in [0.5, 0.6) is 0 Å². The Morgan fingerprint density at radius 2 is 2.15 bits per heavy atom. The maximum Gasteiger partial charge on any atom is 0.272 e. The number of carbonyl (C=O) groups excluding carboxylic acids is 1. The summed E-state index contributed by atoms with van der Waals surface area (Å²) in [7, 11) is -2.10. The number of hydrogen-bond acceptors (Lipinski definition) is 4. The number of sulfonamides is 1. The van der Waals surface area contributed by atoms with Crippen LogP contribution in [-0.2, 0) is 23.5 Å². The first kappa shape index (κ1) is 20.6. The number of aryl methyl sites for hydroxylation is 1. The van der Waals surface area contributed by atoms with Crippen LogP contribution in [0.15, 0.2) is 29.3 Å². The third kappa shape index (κ3) is 3.86. The van der Waals surface area contributed by atoms with Gasteiger partial charge in [-0.15, -0.1) is 0 Å². The molecule has 3 rings (SSSR count). The van der Waals surface area contributed by atoms with Gasteiger partial charge in [-0.3, -0.25) is 4.79 Å². The molecule has 2 N–H and O–H groups in total. The van der Waals surface area contributed by atoms with Crippen LogP contribution in [0, 0.1) is 17.1 Å². The second-order valence-corrected chi connectivity index (χ2v) is 7.94. The van der Waals surface area contributed by atoms with Crippen LogP contribution in [0.4, 0.5) is 10.1 Å². The highest BCUT2D eigenvalue weighted by atomic mass is 32.2. The largest absolute Gasteiger partial charge is 0.345 e. The van der Waals surface area contributed by atoms with Gasteiger partial charge in [0.15, 0.2) is 0 Å². The van der Waals surface area contributed by atoms with Crippen molar-refractivity contribution in [2.24, 2.45) is 7.05 Å². The Morgan fingerprint density at radius 3 is 2.81 bits per heavy atom. The molecule has 9 heteroatoms. The third-order valence-corrected chi connectivity index (χ3v) is 5.92. The van der Waals surface area contributed by atoms with E-state index in [9.17, 15) is 17.6 Å². The summed E-state index contributed by atoms with van der Waals surface area (Å²) in [6.07, 6.45) is 2.40. The predicted octanol–water partition coefficient (Wildman–Crippen LogP) is 2.54. The molecule has 1 aliphatic heterocycles. The smallest absolute Gasteiger partial charge is 0.272 e. The van der Waals surface area contributed by atoms with Crippen molar-refractivity contribution in [3.05, 3.63) is 47.0 Å². The molecule has 1 aliphatic rings. The number of halogens is 1. The number of benzene rings is 1. The van der Waals surface area contributed by atoms with E-state index < -0.39 is 21.7 Å². The number of nitrogens with one attached hydrogen (secondary N) is 2. The summed E-state index contributed by atoms with van der Waals surface area (Å²) in [5.74, 6) is -1.20. The van der Waals surface area contributed by atoms with Gasteiger partial charge in [-0.2, -0.15) is 5.26 Å². The zero-order valence-corrected chi connectivity index (χ0v) is 15.0. The van der Waals surface area contributed by atoms with Gasteiger partial charge < -0.3 is 9.88 Å². The molecule has 0 unspecified atom stereocenters. The zero-order valence-electron chi connectivity index (χ0n) is 14.2. The lowest BCUT2D eigenvalue weighted by Crippen LogP contribution is -2.30. The van der Waals surface area contributed by atoms with Crippen LogP contribution < -0.4 is 10.0 Å². The number of nitrogens with zero attached hydrogens (tertiary/aromatic N) is 2. The van der Waals surface area contributed by atoms with Crippen LogP contribution in [0.3, 0.4) is 0 Å². The quantitative estimate of drug-likeness (QED) is 0.819. The Morgan fingerprint density at radius 1 is 1.44 bits per heavy atom. The minimum Gasteiger partial charge on any atom is -0.345 e. The Balaban J connectivity index is 0.00000261. The van der Waals surface area contributed by atoms with E-state index in [4.69, 9.17) is 5.26 Å². The van der Waals surface area contributed by atoms with Crippen molar-refractivity contribution in [1.29, 1.82) is 5.26 Å². The molecule has 1 aromatic carbocycles. The Hall–Kier alpha value is -2.70. The fraction of sp³-hybridized carbons (Fsp3) is 0.333. The fourth-order valence-electron chi connectivity index (χ4n) is 3.05. The summed E-state index contributed by atoms with van der Waals surface area (Å²) in [5, 5.41) is 11.5. The number of amides is 1. The van der Waals surface area contributed by atoms with Gasteiger partial charge in [0.2, 0.25) is 10.0 Å². The molecule has 1 aromatic heterocycles. The number of carbonyl (C=O) groups is 1. The van der Waals surface area contributed by atoms with Gasteiger partial charge in [0.25, 0.3) is 5.91 Å². The Bertz CT molecular complexity index is 1040. The first-order chi connectivity index (χ1) is 12.2. The van der Waals surface area contributed by atoms with Crippen LogP contribution in [-0.4, -0.2) is 24.9 Å². The molecule has 0 saturated carbocycles. The summed E-state index contributed by atoms with van der Waals surface area (Å²) in [6, 6.07) is 5.14. The lowest BCUT2D eigenvalue weighted by atomic mass is 10.1. The van der Waals surface area contributed by atoms with Crippen LogP contribution >= 0.6 is 0 Å². The zero-order chi connectivity index (χ0) is 19.1. The fourth-order valence-corrected chi connectivity index (χ4v) is 4.64. The third-order valence-electron chi connectivity index (χ3n) is 4.28. The average Bonchev–Trinajstić information content (AvgIpc) is 2.86. The predicted molar refractivity (Wildman–Crippen MR) is 99.3 cm³/mol. The monoisotopic (exact) mass is 392 g/mol. The topological polar surface area (TPSA) is 104 Å². The van der Waals surface area contributed by atoms with E-state index in [-0.39, 0.29) is 35.3 Å². The molecule has 0 aliphatic carbocycles. The number of fused-ring (bicyclic) bond motifs is 1. The first-order valence-corrected chi connectivity index (χ1v) is 9.43. The molecule has 0 saturated heterocycles. The maximum atomic E-state index is 13.4. The van der Waals surface area contributed by atoms with Crippen LogP contribution in [0.2, 0.25) is 0 Å². The summed E-state index contributed by atoms with van der Waals surface area (Å²) in [4.78, 5) is 12.8. The van der Waals surface area contributed by atoms with Gasteiger partial charge in [-0.05, 0) is 38.0 Å².